The Morgan fingerprint density at radius 3 is 3.00 bits per heavy atom. The van der Waals surface area contributed by atoms with Crippen LogP contribution in [-0.2, 0) is 0 Å². The molecule has 1 N–H and O–H groups in total. The Bertz CT molecular complexity index is 538. The van der Waals surface area contributed by atoms with Gasteiger partial charge in [-0.25, -0.2) is 4.98 Å². The van der Waals surface area contributed by atoms with Crippen molar-refractivity contribution >= 4 is 11.3 Å². The highest BCUT2D eigenvalue weighted by atomic mass is 32.1. The largest absolute Gasteiger partial charge is 0.483 e. The second-order valence-electron chi connectivity index (χ2n) is 4.22. The number of hydrogen-bond donors (Lipinski definition) is 1. The van der Waals surface area contributed by atoms with Gasteiger partial charge in [0.2, 0.25) is 0 Å². The number of hydrogen-bond acceptors (Lipinski definition) is 4. The van der Waals surface area contributed by atoms with Crippen LogP contribution in [0, 0.1) is 6.92 Å². The molecule has 0 bridgehead atoms. The molecule has 3 nitrogen and oxygen atoms in total. The van der Waals surface area contributed by atoms with E-state index in [4.69, 9.17) is 4.74 Å². The Kier molecular flexibility index (Phi) is 2.61. The Morgan fingerprint density at radius 2 is 2.24 bits per heavy atom. The molecule has 1 aromatic carbocycles. The van der Waals surface area contributed by atoms with Crippen LogP contribution >= 0.6 is 11.3 Å². The highest BCUT2D eigenvalue weighted by molar-refractivity contribution is 7.09. The number of aromatic nitrogens is 1. The predicted molar refractivity (Wildman–Crippen MR) is 66.2 cm³/mol. The zero-order valence-corrected chi connectivity index (χ0v) is 10.3. The number of aliphatic hydroxyl groups is 1. The van der Waals surface area contributed by atoms with Gasteiger partial charge in [0.15, 0.2) is 6.10 Å². The lowest BCUT2D eigenvalue weighted by atomic mass is 9.99. The van der Waals surface area contributed by atoms with Gasteiger partial charge in [-0.3, -0.25) is 0 Å². The fraction of sp³-hybridized carbons (Fsp3) is 0.308. The van der Waals surface area contributed by atoms with Crippen molar-refractivity contribution in [2.45, 2.75) is 25.6 Å². The summed E-state index contributed by atoms with van der Waals surface area (Å²) in [6, 6.07) is 7.63. The lowest BCUT2D eigenvalue weighted by molar-refractivity contribution is 0.0656. The summed E-state index contributed by atoms with van der Waals surface area (Å²) in [6.07, 6.45) is -0.0167. The minimum absolute atomic E-state index is 0.126. The molecule has 2 aromatic rings. The average molecular weight is 247 g/mol. The van der Waals surface area contributed by atoms with Crippen molar-refractivity contribution in [2.24, 2.45) is 0 Å². The van der Waals surface area contributed by atoms with Gasteiger partial charge in [-0.15, -0.1) is 11.3 Å². The molecule has 0 aliphatic carbocycles. The molecule has 0 amide bonds. The summed E-state index contributed by atoms with van der Waals surface area (Å²) in [4.78, 5) is 4.42. The molecule has 2 unspecified atom stereocenters. The maximum atomic E-state index is 10.1. The molecule has 1 aromatic heterocycles. The molecule has 1 aliphatic rings. The van der Waals surface area contributed by atoms with Crippen molar-refractivity contribution in [1.82, 2.24) is 4.98 Å². The monoisotopic (exact) mass is 247 g/mol. The van der Waals surface area contributed by atoms with Crippen molar-refractivity contribution in [3.8, 4) is 5.75 Å². The van der Waals surface area contributed by atoms with E-state index in [-0.39, 0.29) is 6.10 Å². The molecule has 1 aliphatic heterocycles. The Hall–Kier alpha value is -1.39. The first kappa shape index (κ1) is 10.7. The van der Waals surface area contributed by atoms with Crippen molar-refractivity contribution in [3.05, 3.63) is 45.9 Å². The van der Waals surface area contributed by atoms with Crippen LogP contribution in [0.1, 0.15) is 34.9 Å². The molecule has 4 heteroatoms. The average Bonchev–Trinajstić information content (AvgIpc) is 2.76. The highest BCUT2D eigenvalue weighted by Crippen LogP contribution is 2.41. The van der Waals surface area contributed by atoms with Gasteiger partial charge in [-0.05, 0) is 13.0 Å². The van der Waals surface area contributed by atoms with Gasteiger partial charge in [0.1, 0.15) is 10.8 Å². The third-order valence-corrected chi connectivity index (χ3v) is 3.95. The first-order chi connectivity index (χ1) is 8.24. The summed E-state index contributed by atoms with van der Waals surface area (Å²) < 4.78 is 5.89. The fourth-order valence-electron chi connectivity index (χ4n) is 2.07. The zero-order chi connectivity index (χ0) is 11.8. The number of benzene rings is 1. The number of fused-ring (bicyclic) bond motifs is 1. The van der Waals surface area contributed by atoms with Crippen molar-refractivity contribution < 1.29 is 9.84 Å². The number of nitrogens with zero attached hydrogens (tertiary/aromatic N) is 1. The number of para-hydroxylation sites is 1. The summed E-state index contributed by atoms with van der Waals surface area (Å²) in [5.41, 5.74) is 1.87. The smallest absolute Gasteiger partial charge is 0.153 e. The molecule has 0 fully saturated rings. The van der Waals surface area contributed by atoms with Gasteiger partial charge in [-0.2, -0.15) is 0 Å². The van der Waals surface area contributed by atoms with Crippen LogP contribution in [0.3, 0.4) is 0 Å². The van der Waals surface area contributed by atoms with Crippen LogP contribution in [-0.4, -0.2) is 10.1 Å². The van der Waals surface area contributed by atoms with Crippen molar-refractivity contribution in [3.63, 3.8) is 0 Å². The Balaban J connectivity index is 1.93. The minimum atomic E-state index is -0.464. The van der Waals surface area contributed by atoms with E-state index < -0.39 is 6.10 Å². The molecule has 0 saturated carbocycles. The van der Waals surface area contributed by atoms with Crippen molar-refractivity contribution in [1.29, 1.82) is 0 Å². The van der Waals surface area contributed by atoms with Crippen LogP contribution in [0.25, 0.3) is 0 Å². The van der Waals surface area contributed by atoms with Crippen LogP contribution in [0.2, 0.25) is 0 Å². The Labute approximate surface area is 104 Å². The molecular formula is C13H13NO2S. The summed E-state index contributed by atoms with van der Waals surface area (Å²) >= 11 is 1.59. The number of thiazole rings is 1. The van der Waals surface area contributed by atoms with E-state index in [2.05, 4.69) is 4.98 Å². The van der Waals surface area contributed by atoms with Crippen LogP contribution in [0.5, 0.6) is 5.75 Å². The second kappa shape index (κ2) is 4.13. The molecular weight excluding hydrogens is 234 g/mol. The first-order valence-electron chi connectivity index (χ1n) is 5.59. The number of rotatable bonds is 1. The number of ether oxygens (including phenoxy) is 1. The van der Waals surface area contributed by atoms with E-state index in [1.807, 2.05) is 36.6 Å². The fourth-order valence-corrected chi connectivity index (χ4v) is 2.90. The summed E-state index contributed by atoms with van der Waals surface area (Å²) in [6.45, 7) is 1.97. The van der Waals surface area contributed by atoms with Gasteiger partial charge in [-0.1, -0.05) is 18.2 Å². The van der Waals surface area contributed by atoms with Crippen LogP contribution < -0.4 is 4.74 Å². The predicted octanol–water partition coefficient (Wildman–Crippen LogP) is 3.01. The summed E-state index contributed by atoms with van der Waals surface area (Å²) in [5.74, 6) is 0.768. The standard InChI is InChI=1S/C13H13NO2S/c1-8-7-17-13(14-8)12-6-10(15)9-4-2-3-5-11(9)16-12/h2-5,7,10,12,15H,6H2,1H3. The summed E-state index contributed by atoms with van der Waals surface area (Å²) in [5, 5.41) is 13.0. The van der Waals surface area contributed by atoms with E-state index >= 15 is 0 Å². The quantitative estimate of drug-likeness (QED) is 0.842. The topological polar surface area (TPSA) is 42.4 Å². The summed E-state index contributed by atoms with van der Waals surface area (Å²) in [7, 11) is 0. The van der Waals surface area contributed by atoms with E-state index in [0.717, 1.165) is 22.0 Å². The molecule has 0 saturated heterocycles. The lowest BCUT2D eigenvalue weighted by Gasteiger charge is -2.28. The highest BCUT2D eigenvalue weighted by Gasteiger charge is 2.29. The maximum absolute atomic E-state index is 10.1. The second-order valence-corrected chi connectivity index (χ2v) is 5.11. The molecule has 17 heavy (non-hydrogen) atoms. The van der Waals surface area contributed by atoms with Crippen molar-refractivity contribution in [2.75, 3.05) is 0 Å². The normalized spacial score (nSPS) is 22.9. The van der Waals surface area contributed by atoms with Gasteiger partial charge in [0.25, 0.3) is 0 Å². The van der Waals surface area contributed by atoms with E-state index in [1.54, 1.807) is 11.3 Å². The minimum Gasteiger partial charge on any atom is -0.483 e. The Morgan fingerprint density at radius 1 is 1.41 bits per heavy atom. The number of aryl methyl sites for hydroxylation is 1. The zero-order valence-electron chi connectivity index (χ0n) is 9.46. The van der Waals surface area contributed by atoms with Gasteiger partial charge in [0.05, 0.1) is 6.10 Å². The number of aliphatic hydroxyl groups excluding tert-OH is 1. The molecule has 0 spiro atoms. The first-order valence-corrected chi connectivity index (χ1v) is 6.47. The van der Waals surface area contributed by atoms with Gasteiger partial charge in [0, 0.05) is 23.1 Å². The molecule has 2 heterocycles. The van der Waals surface area contributed by atoms with Gasteiger partial charge < -0.3 is 9.84 Å². The van der Waals surface area contributed by atoms with Crippen LogP contribution in [0.4, 0.5) is 0 Å². The van der Waals surface area contributed by atoms with E-state index in [1.165, 1.54) is 0 Å². The molecule has 0 radical (unpaired) electrons. The maximum Gasteiger partial charge on any atom is 0.153 e. The third-order valence-electron chi connectivity index (χ3n) is 2.90. The van der Waals surface area contributed by atoms with E-state index in [9.17, 15) is 5.11 Å². The van der Waals surface area contributed by atoms with Crippen LogP contribution in [0.15, 0.2) is 29.6 Å². The molecule has 88 valence electrons. The lowest BCUT2D eigenvalue weighted by Crippen LogP contribution is -2.18. The van der Waals surface area contributed by atoms with Gasteiger partial charge >= 0.3 is 0 Å². The molecule has 3 rings (SSSR count). The van der Waals surface area contributed by atoms with E-state index in [0.29, 0.717) is 6.42 Å². The molecule has 2 atom stereocenters. The SMILES string of the molecule is Cc1csc(C2CC(O)c3ccccc3O2)n1. The third kappa shape index (κ3) is 1.94.